The molecule has 17 heteroatoms. The monoisotopic (exact) mass is 1370 g/mol. The lowest BCUT2D eigenvalue weighted by atomic mass is 9.85. The van der Waals surface area contributed by atoms with Crippen LogP contribution in [-0.4, -0.2) is 128 Å². The molecule has 1 unspecified atom stereocenters. The molecule has 15 nitrogen and oxygen atoms in total. The molecule has 1 spiro atoms. The Hall–Kier alpha value is -8.61. The molecule has 8 aromatic carbocycles. The number of carbonyl (C=O) groups is 4. The van der Waals surface area contributed by atoms with Crippen molar-refractivity contribution in [2.45, 2.75) is 115 Å². The summed E-state index contributed by atoms with van der Waals surface area (Å²) < 4.78 is 18.6. The lowest BCUT2D eigenvalue weighted by Gasteiger charge is -2.43. The van der Waals surface area contributed by atoms with Gasteiger partial charge in [-0.1, -0.05) is 152 Å². The fourth-order valence-electron chi connectivity index (χ4n) is 15.4. The number of fused-ring (bicyclic) bond motifs is 4. The SMILES string of the molecule is C.C[C@H](CC(=O)C1C[C@@H]1c1ccccc1)CN1CCC(n2c(=O)[nH]c3cc(Br)ccc32)CC1.O=C(CCCN1CCC(n2c(=O)[nH]c3ccccc32)CC1)c1ccc2ccccc2c1.O=C(CCCN1CCC2(CC1)C(=O)NCN2c1cccc(F)c1)c1ccc2ccccc2c1. The average Bonchev–Trinajstić information content (AvgIpc) is 1.66. The van der Waals surface area contributed by atoms with E-state index in [9.17, 15) is 33.2 Å². The lowest BCUT2D eigenvalue weighted by Crippen LogP contribution is -2.56. The van der Waals surface area contributed by atoms with Gasteiger partial charge in [0.05, 0.1) is 28.7 Å². The van der Waals surface area contributed by atoms with Crippen LogP contribution in [0.2, 0.25) is 0 Å². The minimum atomic E-state index is -0.620. The molecule has 0 radical (unpaired) electrons. The van der Waals surface area contributed by atoms with Gasteiger partial charge >= 0.3 is 11.4 Å². The van der Waals surface area contributed by atoms with Crippen LogP contribution in [0.25, 0.3) is 43.6 Å². The van der Waals surface area contributed by atoms with Gasteiger partial charge < -0.3 is 34.9 Å². The fraction of sp³-hybridized carbons (Fsp3) is 0.375. The van der Waals surface area contributed by atoms with Crippen molar-refractivity contribution in [1.82, 2.24) is 39.1 Å². The highest BCUT2D eigenvalue weighted by Gasteiger charge is 2.50. The summed E-state index contributed by atoms with van der Waals surface area (Å²) >= 11 is 3.48. The Morgan fingerprint density at radius 3 is 1.71 bits per heavy atom. The van der Waals surface area contributed by atoms with E-state index in [1.807, 2.05) is 141 Å². The summed E-state index contributed by atoms with van der Waals surface area (Å²) in [6.45, 7) is 10.7. The van der Waals surface area contributed by atoms with Crippen molar-refractivity contribution < 1.29 is 23.6 Å². The molecule has 2 aromatic heterocycles. The summed E-state index contributed by atoms with van der Waals surface area (Å²) in [5, 5.41) is 7.45. The molecule has 0 bridgehead atoms. The number of carbonyl (C=O) groups excluding carboxylic acids is 4. The van der Waals surface area contributed by atoms with E-state index in [2.05, 4.69) is 89.2 Å². The molecule has 97 heavy (non-hydrogen) atoms. The predicted octanol–water partition coefficient (Wildman–Crippen LogP) is 14.9. The highest BCUT2D eigenvalue weighted by Crippen LogP contribution is 2.49. The molecule has 1 saturated carbocycles. The Kier molecular flexibility index (Phi) is 21.7. The largest absolute Gasteiger partial charge is 0.339 e. The highest BCUT2D eigenvalue weighted by molar-refractivity contribution is 9.10. The van der Waals surface area contributed by atoms with Gasteiger partial charge in [-0.2, -0.15) is 0 Å². The number of ketones is 3. The zero-order valence-electron chi connectivity index (χ0n) is 54.7. The van der Waals surface area contributed by atoms with E-state index in [1.165, 1.54) is 17.7 Å². The van der Waals surface area contributed by atoms with Gasteiger partial charge in [0.25, 0.3) is 0 Å². The topological polar surface area (TPSA) is 169 Å². The maximum atomic E-state index is 13.8. The minimum absolute atomic E-state index is 0. The van der Waals surface area contributed by atoms with E-state index in [1.54, 1.807) is 6.07 Å². The fourth-order valence-corrected chi connectivity index (χ4v) is 15.8. The van der Waals surface area contributed by atoms with Crippen molar-refractivity contribution in [3.63, 3.8) is 0 Å². The number of imidazole rings is 2. The third-order valence-electron chi connectivity index (χ3n) is 20.7. The number of rotatable bonds is 19. The van der Waals surface area contributed by atoms with Gasteiger partial charge in [0, 0.05) is 104 Å². The van der Waals surface area contributed by atoms with Crippen molar-refractivity contribution in [1.29, 1.82) is 0 Å². The second-order valence-corrected chi connectivity index (χ2v) is 28.1. The minimum Gasteiger partial charge on any atom is -0.339 e. The lowest BCUT2D eigenvalue weighted by molar-refractivity contribution is -0.125. The second kappa shape index (κ2) is 30.9. The number of hydrogen-bond donors (Lipinski definition) is 3. The zero-order chi connectivity index (χ0) is 66.3. The molecular weight excluding hydrogens is 1280 g/mol. The number of piperidine rings is 3. The zero-order valence-corrected chi connectivity index (χ0v) is 56.2. The van der Waals surface area contributed by atoms with Crippen LogP contribution >= 0.6 is 15.9 Å². The summed E-state index contributed by atoms with van der Waals surface area (Å²) in [7, 11) is 0. The van der Waals surface area contributed by atoms with Crippen molar-refractivity contribution >= 4 is 88.5 Å². The van der Waals surface area contributed by atoms with Crippen LogP contribution < -0.4 is 21.6 Å². The number of aromatic amines is 2. The number of amides is 1. The molecule has 15 rings (SSSR count). The van der Waals surface area contributed by atoms with Crippen LogP contribution in [0.4, 0.5) is 10.1 Å². The molecular formula is C80H89BrFN9O6. The number of anilines is 1. The first kappa shape index (κ1) is 68.3. The highest BCUT2D eigenvalue weighted by atomic mass is 79.9. The first-order chi connectivity index (χ1) is 46.7. The number of halogens is 2. The smallest absolute Gasteiger partial charge is 0.326 e. The Bertz CT molecular complexity index is 4540. The van der Waals surface area contributed by atoms with Crippen LogP contribution in [0, 0.1) is 17.7 Å². The second-order valence-electron chi connectivity index (χ2n) is 27.1. The third kappa shape index (κ3) is 15.9. The quantitative estimate of drug-likeness (QED) is 0.0663. The van der Waals surface area contributed by atoms with Crippen molar-refractivity contribution in [3.05, 3.63) is 230 Å². The number of nitrogens with one attached hydrogen (secondary N) is 3. The number of benzene rings is 8. The van der Waals surface area contributed by atoms with Gasteiger partial charge in [-0.05, 0) is 170 Å². The Labute approximate surface area is 575 Å². The summed E-state index contributed by atoms with van der Waals surface area (Å²) in [6.07, 6.45) is 9.63. The predicted molar refractivity (Wildman–Crippen MR) is 390 cm³/mol. The summed E-state index contributed by atoms with van der Waals surface area (Å²) in [5.74, 6) is 1.56. The molecule has 5 fully saturated rings. The van der Waals surface area contributed by atoms with Gasteiger partial charge in [-0.25, -0.2) is 14.0 Å². The number of hydrogen-bond acceptors (Lipinski definition) is 10. The van der Waals surface area contributed by atoms with Crippen molar-refractivity contribution in [2.24, 2.45) is 11.8 Å². The van der Waals surface area contributed by atoms with Gasteiger partial charge in [-0.15, -0.1) is 0 Å². The van der Waals surface area contributed by atoms with Gasteiger partial charge in [0.2, 0.25) is 5.91 Å². The molecule has 1 aliphatic carbocycles. The normalized spacial score (nSPS) is 18.7. The number of nitrogens with zero attached hydrogens (tertiary/aromatic N) is 6. The molecule has 3 atom stereocenters. The summed E-state index contributed by atoms with van der Waals surface area (Å²) in [5.41, 5.74) is 6.72. The first-order valence-electron chi connectivity index (χ1n) is 34.4. The van der Waals surface area contributed by atoms with Crippen LogP contribution in [0.1, 0.15) is 136 Å². The Morgan fingerprint density at radius 1 is 0.567 bits per heavy atom. The molecule has 5 aliphatic rings. The molecule has 1 amide bonds. The van der Waals surface area contributed by atoms with Crippen molar-refractivity contribution in [2.75, 3.05) is 70.5 Å². The number of Topliss-reactive ketones (excluding diaryl/α,β-unsaturated/α-hetero) is 3. The number of H-pyrrole nitrogens is 2. The maximum Gasteiger partial charge on any atom is 0.326 e. The molecule has 6 heterocycles. The van der Waals surface area contributed by atoms with Crippen LogP contribution in [0.5, 0.6) is 0 Å². The molecule has 4 saturated heterocycles. The third-order valence-corrected chi connectivity index (χ3v) is 21.2. The van der Waals surface area contributed by atoms with E-state index < -0.39 is 5.54 Å². The Balaban J connectivity index is 0.000000138. The van der Waals surface area contributed by atoms with Crippen molar-refractivity contribution in [3.8, 4) is 0 Å². The number of aromatic nitrogens is 4. The summed E-state index contributed by atoms with van der Waals surface area (Å²) in [6, 6.07) is 59.3. The first-order valence-corrected chi connectivity index (χ1v) is 35.2. The standard InChI is InChI=1S/C27H28FN3O2.C26H30BrN3O2.C26H27N3O2.CH4/c28-23-7-3-8-24(18-23)31-19-29-26(33)27(31)12-15-30(16-13-27)14-4-9-25(32)22-11-10-20-5-1-2-6-21(20)17-22;1-17(13-25(31)22-15-21(22)18-5-3-2-4-6-18)16-29-11-9-20(10-12-29)30-24-8-7-19(27)14-23(24)28-26(30)32;30-25(21-12-11-19-6-1-2-7-20(19)18-21)10-5-15-28-16-13-22(14-17-28)29-24-9-4-3-8-23(24)27-26(29)31;/h1-3,5-8,10-11,17-18H,4,9,12-16,19H2,(H,29,33);2-8,14,17,20-22H,9-13,15-16H2,1H3,(H,28,32);1-4,6-9,11-12,18,22H,5,10,13-17H2,(H,27,31);1H4/t;17-,21-,22?;;/m.1../s1. The molecule has 4 aliphatic heterocycles. The molecule has 10 aromatic rings. The van der Waals surface area contributed by atoms with Crippen LogP contribution in [0.15, 0.2) is 196 Å². The van der Waals surface area contributed by atoms with E-state index in [0.29, 0.717) is 56.4 Å². The van der Waals surface area contributed by atoms with Gasteiger partial charge in [0.15, 0.2) is 11.6 Å². The van der Waals surface area contributed by atoms with Crippen LogP contribution in [0.3, 0.4) is 0 Å². The number of para-hydroxylation sites is 2. The number of likely N-dealkylation sites (tertiary alicyclic amines) is 3. The van der Waals surface area contributed by atoms with E-state index in [0.717, 1.165) is 169 Å². The maximum absolute atomic E-state index is 13.8. The molecule has 504 valence electrons. The molecule has 3 N–H and O–H groups in total. The van der Waals surface area contributed by atoms with E-state index in [-0.39, 0.29) is 60.1 Å². The van der Waals surface area contributed by atoms with Gasteiger partial charge in [-0.3, -0.25) is 28.3 Å². The average molecular weight is 1370 g/mol. The van der Waals surface area contributed by atoms with E-state index in [4.69, 9.17) is 0 Å². The summed E-state index contributed by atoms with van der Waals surface area (Å²) in [4.78, 5) is 91.1. The van der Waals surface area contributed by atoms with E-state index >= 15 is 0 Å². The Morgan fingerprint density at radius 2 is 1.10 bits per heavy atom. The van der Waals surface area contributed by atoms with Gasteiger partial charge in [0.1, 0.15) is 17.1 Å². The van der Waals surface area contributed by atoms with Crippen LogP contribution in [-0.2, 0) is 9.59 Å².